The summed E-state index contributed by atoms with van der Waals surface area (Å²) >= 11 is 0. The predicted molar refractivity (Wildman–Crippen MR) is 79.7 cm³/mol. The summed E-state index contributed by atoms with van der Waals surface area (Å²) in [6.07, 6.45) is -5.46. The fourth-order valence-corrected chi connectivity index (χ4v) is 2.04. The molecule has 4 nitrogen and oxygen atoms in total. The number of aliphatic imine (C=N–C) groups is 1. The van der Waals surface area contributed by atoms with Crippen molar-refractivity contribution in [2.24, 2.45) is 4.99 Å². The third-order valence-electron chi connectivity index (χ3n) is 3.18. The van der Waals surface area contributed by atoms with Gasteiger partial charge in [-0.3, -0.25) is 15.3 Å². The zero-order valence-corrected chi connectivity index (χ0v) is 12.9. The average Bonchev–Trinajstić information content (AvgIpc) is 2.57. The van der Waals surface area contributed by atoms with Gasteiger partial charge >= 0.3 is 12.4 Å². The van der Waals surface area contributed by atoms with E-state index in [1.807, 2.05) is 0 Å². The van der Waals surface area contributed by atoms with Crippen LogP contribution in [0.25, 0.3) is 0 Å². The van der Waals surface area contributed by atoms with Crippen LogP contribution in [-0.2, 0) is 18.9 Å². The number of hydrogen-bond acceptors (Lipinski definition) is 3. The van der Waals surface area contributed by atoms with Crippen molar-refractivity contribution in [2.75, 3.05) is 0 Å². The number of rotatable bonds is 3. The van der Waals surface area contributed by atoms with Crippen LogP contribution in [-0.4, -0.2) is 10.8 Å². The number of alkyl halides is 6. The normalized spacial score (nSPS) is 12.6. The molecule has 0 bridgehead atoms. The second-order valence-corrected chi connectivity index (χ2v) is 5.06. The highest BCUT2D eigenvalue weighted by Crippen LogP contribution is 2.36. The minimum atomic E-state index is -4.93. The molecule has 0 aliphatic rings. The van der Waals surface area contributed by atoms with Gasteiger partial charge < -0.3 is 0 Å². The highest BCUT2D eigenvalue weighted by atomic mass is 19.4. The van der Waals surface area contributed by atoms with Crippen LogP contribution in [0.5, 0.6) is 0 Å². The first-order valence-electron chi connectivity index (χ1n) is 6.99. The van der Waals surface area contributed by atoms with Gasteiger partial charge in [0, 0.05) is 18.0 Å². The minimum absolute atomic E-state index is 0.0217. The van der Waals surface area contributed by atoms with E-state index in [-0.39, 0.29) is 17.5 Å². The molecule has 2 rings (SSSR count). The monoisotopic (exact) mass is 372 g/mol. The van der Waals surface area contributed by atoms with Gasteiger partial charge in [-0.25, -0.2) is 0 Å². The molecular weight excluding hydrogens is 362 g/mol. The van der Waals surface area contributed by atoms with Gasteiger partial charge in [0.05, 0.1) is 17.7 Å². The predicted octanol–water partition coefficient (Wildman–Crippen LogP) is 4.14. The van der Waals surface area contributed by atoms with Gasteiger partial charge in [-0.1, -0.05) is 0 Å². The Balaban J connectivity index is 2.42. The lowest BCUT2D eigenvalue weighted by Gasteiger charge is -2.13. The molecule has 1 aromatic carbocycles. The first-order chi connectivity index (χ1) is 12.1. The molecule has 0 aliphatic heterocycles. The molecule has 1 aromatic heterocycles. The molecule has 0 aliphatic carbocycles. The zero-order valence-electron chi connectivity index (χ0n) is 12.9. The van der Waals surface area contributed by atoms with Crippen molar-refractivity contribution < 1.29 is 26.3 Å². The number of benzene rings is 1. The number of halogens is 6. The molecule has 0 spiro atoms. The molecule has 1 heterocycles. The van der Waals surface area contributed by atoms with E-state index in [0.29, 0.717) is 17.7 Å². The van der Waals surface area contributed by atoms with Gasteiger partial charge in [-0.05, 0) is 35.9 Å². The standard InChI is InChI=1S/C16H10F6N4/c17-15(18,19)12-4-10(5-13(6-12)16(20,21)22)7-25-14(26-9-23)11-2-1-3-24-8-11/h1-6,8H,7H2,(H,25,26). The number of hydrogen-bond donors (Lipinski definition) is 1. The van der Waals surface area contributed by atoms with Gasteiger partial charge in [0.1, 0.15) is 5.84 Å². The van der Waals surface area contributed by atoms with Crippen molar-refractivity contribution in [3.63, 3.8) is 0 Å². The van der Waals surface area contributed by atoms with Crippen LogP contribution in [0.4, 0.5) is 26.3 Å². The van der Waals surface area contributed by atoms with E-state index in [4.69, 9.17) is 5.26 Å². The highest BCUT2D eigenvalue weighted by Gasteiger charge is 2.36. The number of pyridine rings is 1. The number of nitriles is 1. The molecule has 2 aromatic rings. The molecule has 0 unspecified atom stereocenters. The van der Waals surface area contributed by atoms with Crippen molar-refractivity contribution in [3.05, 3.63) is 65.0 Å². The topological polar surface area (TPSA) is 61.1 Å². The van der Waals surface area contributed by atoms with Gasteiger partial charge in [0.2, 0.25) is 0 Å². The van der Waals surface area contributed by atoms with E-state index in [0.717, 1.165) is 0 Å². The van der Waals surface area contributed by atoms with Gasteiger partial charge in [0.15, 0.2) is 6.19 Å². The van der Waals surface area contributed by atoms with Crippen molar-refractivity contribution >= 4 is 5.84 Å². The van der Waals surface area contributed by atoms with Gasteiger partial charge in [-0.2, -0.15) is 31.6 Å². The van der Waals surface area contributed by atoms with Crippen molar-refractivity contribution in [3.8, 4) is 6.19 Å². The number of nitrogens with one attached hydrogen (secondary N) is 1. The van der Waals surface area contributed by atoms with Crippen LogP contribution < -0.4 is 5.32 Å². The van der Waals surface area contributed by atoms with E-state index in [1.165, 1.54) is 24.5 Å². The first-order valence-corrected chi connectivity index (χ1v) is 6.99. The molecule has 10 heteroatoms. The fourth-order valence-electron chi connectivity index (χ4n) is 2.04. The van der Waals surface area contributed by atoms with Crippen molar-refractivity contribution in [2.45, 2.75) is 18.9 Å². The Morgan fingerprint density at radius 2 is 1.69 bits per heavy atom. The molecule has 0 radical (unpaired) electrons. The number of amidine groups is 1. The van der Waals surface area contributed by atoms with Crippen LogP contribution in [0.15, 0.2) is 47.7 Å². The zero-order chi connectivity index (χ0) is 19.4. The van der Waals surface area contributed by atoms with Crippen LogP contribution in [0.1, 0.15) is 22.3 Å². The van der Waals surface area contributed by atoms with Crippen molar-refractivity contribution in [1.82, 2.24) is 10.3 Å². The molecule has 1 N–H and O–H groups in total. The molecule has 0 atom stereocenters. The van der Waals surface area contributed by atoms with Crippen LogP contribution in [0.2, 0.25) is 0 Å². The summed E-state index contributed by atoms with van der Waals surface area (Å²) in [4.78, 5) is 7.72. The maximum atomic E-state index is 12.9. The molecule has 0 saturated heterocycles. The average molecular weight is 372 g/mol. The highest BCUT2D eigenvalue weighted by molar-refractivity contribution is 5.99. The van der Waals surface area contributed by atoms with Crippen LogP contribution in [0.3, 0.4) is 0 Å². The maximum absolute atomic E-state index is 12.9. The van der Waals surface area contributed by atoms with E-state index in [2.05, 4.69) is 15.3 Å². The summed E-state index contributed by atoms with van der Waals surface area (Å²) in [6, 6.07) is 4.29. The van der Waals surface area contributed by atoms with E-state index in [1.54, 1.807) is 6.19 Å². The lowest BCUT2D eigenvalue weighted by molar-refractivity contribution is -0.143. The van der Waals surface area contributed by atoms with Crippen LogP contribution >= 0.6 is 0 Å². The molecule has 0 amide bonds. The van der Waals surface area contributed by atoms with Gasteiger partial charge in [-0.15, -0.1) is 0 Å². The Hall–Kier alpha value is -3.09. The Labute approximate surface area is 143 Å². The molecule has 136 valence electrons. The lowest BCUT2D eigenvalue weighted by Crippen LogP contribution is -2.19. The summed E-state index contributed by atoms with van der Waals surface area (Å²) in [6.45, 7) is -0.494. The minimum Gasteiger partial charge on any atom is -0.277 e. The van der Waals surface area contributed by atoms with Crippen LogP contribution in [0, 0.1) is 11.5 Å². The molecule has 0 saturated carbocycles. The third kappa shape index (κ3) is 4.95. The third-order valence-corrected chi connectivity index (χ3v) is 3.18. The summed E-state index contributed by atoms with van der Waals surface area (Å²) in [7, 11) is 0. The first kappa shape index (κ1) is 19.2. The van der Waals surface area contributed by atoms with E-state index in [9.17, 15) is 26.3 Å². The Bertz CT molecular complexity index is 802. The second kappa shape index (κ2) is 7.43. The summed E-state index contributed by atoms with van der Waals surface area (Å²) in [5.74, 6) is -0.0217. The lowest BCUT2D eigenvalue weighted by atomic mass is 10.0. The smallest absolute Gasteiger partial charge is 0.277 e. The maximum Gasteiger partial charge on any atom is 0.416 e. The summed E-state index contributed by atoms with van der Waals surface area (Å²) < 4.78 is 77.1. The molecular formula is C16H10F6N4. The summed E-state index contributed by atoms with van der Waals surface area (Å²) in [5, 5.41) is 11.0. The largest absolute Gasteiger partial charge is 0.416 e. The second-order valence-electron chi connectivity index (χ2n) is 5.06. The Morgan fingerprint density at radius 1 is 1.08 bits per heavy atom. The summed E-state index contributed by atoms with van der Waals surface area (Å²) in [5.41, 5.74) is -2.78. The van der Waals surface area contributed by atoms with Crippen molar-refractivity contribution in [1.29, 1.82) is 5.26 Å². The molecule has 0 fully saturated rings. The molecule has 26 heavy (non-hydrogen) atoms. The Morgan fingerprint density at radius 3 is 2.15 bits per heavy atom. The number of nitrogens with zero attached hydrogens (tertiary/aromatic N) is 3. The number of aromatic nitrogens is 1. The SMILES string of the molecule is N#CNC(=NCc1cc(C(F)(F)F)cc(C(F)(F)F)c1)c1cccnc1. The Kier molecular flexibility index (Phi) is 5.50. The van der Waals surface area contributed by atoms with E-state index >= 15 is 0 Å². The van der Waals surface area contributed by atoms with Gasteiger partial charge in [0.25, 0.3) is 0 Å². The quantitative estimate of drug-likeness (QED) is 0.290. The fraction of sp³-hybridized carbons (Fsp3) is 0.188. The van der Waals surface area contributed by atoms with E-state index < -0.39 is 30.0 Å².